The second-order valence-corrected chi connectivity index (χ2v) is 7.11. The molecular weight excluding hydrogens is 287 g/mol. The minimum absolute atomic E-state index is 0.934. The van der Waals surface area contributed by atoms with Gasteiger partial charge in [0.1, 0.15) is 0 Å². The molecule has 0 atom stereocenters. The monoisotopic (exact) mass is 314 g/mol. The summed E-state index contributed by atoms with van der Waals surface area (Å²) in [6, 6.07) is 0. The summed E-state index contributed by atoms with van der Waals surface area (Å²) >= 11 is 2.65. The summed E-state index contributed by atoms with van der Waals surface area (Å²) in [6.45, 7) is 4.39. The maximum absolute atomic E-state index is 9.43. The largest absolute Gasteiger partial charge is 0.354 e. The van der Waals surface area contributed by atoms with E-state index in [2.05, 4.69) is 13.8 Å². The van der Waals surface area contributed by atoms with Gasteiger partial charge in [0.2, 0.25) is 0 Å². The Morgan fingerprint density at radius 3 is 1.61 bits per heavy atom. The zero-order chi connectivity index (χ0) is 13.5. The lowest BCUT2D eigenvalue weighted by Crippen LogP contribution is -1.85. The molecule has 0 unspecified atom stereocenters. The molecule has 110 valence electrons. The number of rotatable bonds is 14. The molecule has 0 rings (SSSR count). The van der Waals surface area contributed by atoms with Crippen LogP contribution in [0, 0.1) is 0 Å². The Balaban J connectivity index is 3.10. The Morgan fingerprint density at radius 2 is 1.22 bits per heavy atom. The van der Waals surface area contributed by atoms with Crippen molar-refractivity contribution >= 4 is 32.7 Å². The van der Waals surface area contributed by atoms with Crippen LogP contribution in [0.5, 0.6) is 0 Å². The van der Waals surface area contributed by atoms with Crippen molar-refractivity contribution in [3.05, 3.63) is 0 Å². The Morgan fingerprint density at radius 1 is 0.778 bits per heavy atom. The van der Waals surface area contributed by atoms with E-state index in [1.807, 2.05) is 0 Å². The van der Waals surface area contributed by atoms with E-state index in [-0.39, 0.29) is 0 Å². The molecule has 3 nitrogen and oxygen atoms in total. The van der Waals surface area contributed by atoms with Crippen LogP contribution in [-0.2, 0) is 7.94 Å². The molecule has 0 aromatic rings. The van der Waals surface area contributed by atoms with Crippen LogP contribution in [0.25, 0.3) is 0 Å². The third-order valence-electron chi connectivity index (χ3n) is 2.40. The molecule has 1 N–H and O–H groups in total. The maximum atomic E-state index is 9.43. The Bertz CT molecular complexity index is 148. The highest BCUT2D eigenvalue weighted by Crippen LogP contribution is 2.42. The first kappa shape index (κ1) is 19.0. The van der Waals surface area contributed by atoms with E-state index >= 15 is 0 Å². The van der Waals surface area contributed by atoms with E-state index in [1.165, 1.54) is 62.6 Å². The molecule has 0 radical (unpaired) electrons. The topological polar surface area (TPSA) is 38.7 Å². The molecule has 0 amide bonds. The Labute approximate surface area is 122 Å². The number of hydrogen-bond acceptors (Lipinski definition) is 5. The van der Waals surface area contributed by atoms with E-state index in [0.717, 1.165) is 24.3 Å². The average Bonchev–Trinajstić information content (AvgIpc) is 2.38. The van der Waals surface area contributed by atoms with Crippen molar-refractivity contribution in [1.29, 1.82) is 0 Å². The zero-order valence-corrected chi connectivity index (χ0v) is 14.1. The zero-order valence-electron chi connectivity index (χ0n) is 11.6. The fourth-order valence-corrected chi connectivity index (χ4v) is 3.64. The molecular formula is C12H27O3PS2. The van der Waals surface area contributed by atoms with Crippen LogP contribution in [0.1, 0.15) is 65.2 Å². The quantitative estimate of drug-likeness (QED) is 0.253. The molecule has 0 bridgehead atoms. The lowest BCUT2D eigenvalue weighted by atomic mass is 10.2. The van der Waals surface area contributed by atoms with Crippen LogP contribution >= 0.6 is 32.7 Å². The Kier molecular flexibility index (Phi) is 17.0. The molecule has 0 aliphatic carbocycles. The van der Waals surface area contributed by atoms with Gasteiger partial charge in [-0.05, 0) is 12.8 Å². The second kappa shape index (κ2) is 16.1. The summed E-state index contributed by atoms with van der Waals surface area (Å²) < 4.78 is 10.3. The van der Waals surface area contributed by atoms with Crippen LogP contribution in [0.3, 0.4) is 0 Å². The van der Waals surface area contributed by atoms with Gasteiger partial charge in [-0.3, -0.25) is 0 Å². The summed E-state index contributed by atoms with van der Waals surface area (Å²) in [4.78, 5) is 9.43. The van der Waals surface area contributed by atoms with Crippen molar-refractivity contribution in [3.8, 4) is 0 Å². The maximum Gasteiger partial charge on any atom is 0.354 e. The van der Waals surface area contributed by atoms with Crippen molar-refractivity contribution in [2.45, 2.75) is 65.2 Å². The molecule has 18 heavy (non-hydrogen) atoms. The molecule has 0 heterocycles. The molecule has 0 saturated carbocycles. The van der Waals surface area contributed by atoms with Crippen LogP contribution in [-0.4, -0.2) is 16.4 Å². The van der Waals surface area contributed by atoms with Crippen molar-refractivity contribution in [2.24, 2.45) is 0 Å². The third-order valence-corrected chi connectivity index (χ3v) is 5.17. The minimum Gasteiger partial charge on any atom is -0.327 e. The van der Waals surface area contributed by atoms with Gasteiger partial charge in [-0.2, -0.15) is 0 Å². The predicted molar refractivity (Wildman–Crippen MR) is 84.5 cm³/mol. The standard InChI is InChI=1S/C12H27O3PS2/c1-3-5-7-9-11-17-14-16(13)15-18-12-10-8-6-4-2/h13H,3-12H2,1-2H3. The number of unbranched alkanes of at least 4 members (excludes halogenated alkanes) is 6. The van der Waals surface area contributed by atoms with Gasteiger partial charge in [0.25, 0.3) is 0 Å². The highest BCUT2D eigenvalue weighted by atomic mass is 32.2. The number of hydrogen-bond donors (Lipinski definition) is 1. The van der Waals surface area contributed by atoms with Crippen molar-refractivity contribution in [3.63, 3.8) is 0 Å². The van der Waals surface area contributed by atoms with Gasteiger partial charge < -0.3 is 4.89 Å². The molecule has 0 aromatic carbocycles. The van der Waals surface area contributed by atoms with E-state index in [4.69, 9.17) is 7.94 Å². The second-order valence-electron chi connectivity index (χ2n) is 4.15. The van der Waals surface area contributed by atoms with Gasteiger partial charge >= 0.3 is 8.60 Å². The van der Waals surface area contributed by atoms with Crippen molar-refractivity contribution in [2.75, 3.05) is 11.5 Å². The molecule has 0 aliphatic rings. The highest BCUT2D eigenvalue weighted by molar-refractivity contribution is 8.00. The van der Waals surface area contributed by atoms with Crippen LogP contribution in [0.4, 0.5) is 0 Å². The normalized spacial score (nSPS) is 11.3. The van der Waals surface area contributed by atoms with Gasteiger partial charge in [0, 0.05) is 35.6 Å². The van der Waals surface area contributed by atoms with Crippen LogP contribution in [0.15, 0.2) is 0 Å². The first-order valence-corrected chi connectivity index (χ1v) is 9.84. The fraction of sp³-hybridized carbons (Fsp3) is 1.00. The third kappa shape index (κ3) is 15.1. The molecule has 0 spiro atoms. The molecule has 0 saturated heterocycles. The summed E-state index contributed by atoms with van der Waals surface area (Å²) in [7, 11) is -1.70. The first-order chi connectivity index (χ1) is 8.81. The van der Waals surface area contributed by atoms with Crippen LogP contribution in [0.2, 0.25) is 0 Å². The summed E-state index contributed by atoms with van der Waals surface area (Å²) in [6.07, 6.45) is 9.81. The SMILES string of the molecule is CCCCCCSOP(O)OSCCCCCC. The van der Waals surface area contributed by atoms with E-state index in [1.54, 1.807) is 0 Å². The van der Waals surface area contributed by atoms with Gasteiger partial charge in [-0.25, -0.2) is 7.94 Å². The summed E-state index contributed by atoms with van der Waals surface area (Å²) in [5.41, 5.74) is 0. The van der Waals surface area contributed by atoms with E-state index in [0.29, 0.717) is 0 Å². The van der Waals surface area contributed by atoms with E-state index < -0.39 is 8.60 Å². The Hall–Kier alpha value is 1.01. The molecule has 0 aliphatic heterocycles. The average molecular weight is 314 g/mol. The fourth-order valence-electron chi connectivity index (χ4n) is 1.35. The molecule has 6 heteroatoms. The lowest BCUT2D eigenvalue weighted by Gasteiger charge is -2.08. The molecule has 0 fully saturated rings. The lowest BCUT2D eigenvalue weighted by molar-refractivity contribution is 0.429. The summed E-state index contributed by atoms with van der Waals surface area (Å²) in [5.74, 6) is 1.87. The van der Waals surface area contributed by atoms with E-state index in [9.17, 15) is 4.89 Å². The van der Waals surface area contributed by atoms with Crippen molar-refractivity contribution in [1.82, 2.24) is 0 Å². The summed E-state index contributed by atoms with van der Waals surface area (Å²) in [5, 5.41) is 0. The minimum atomic E-state index is -1.70. The van der Waals surface area contributed by atoms with Crippen molar-refractivity contribution < 1.29 is 12.8 Å². The first-order valence-electron chi connectivity index (χ1n) is 6.89. The van der Waals surface area contributed by atoms with Gasteiger partial charge in [0.15, 0.2) is 0 Å². The highest BCUT2D eigenvalue weighted by Gasteiger charge is 2.07. The molecule has 0 aromatic heterocycles. The predicted octanol–water partition coefficient (Wildman–Crippen LogP) is 5.70. The van der Waals surface area contributed by atoms with Gasteiger partial charge in [-0.1, -0.05) is 52.4 Å². The smallest absolute Gasteiger partial charge is 0.327 e. The van der Waals surface area contributed by atoms with Gasteiger partial charge in [-0.15, -0.1) is 0 Å². The van der Waals surface area contributed by atoms with Crippen LogP contribution < -0.4 is 0 Å². The van der Waals surface area contributed by atoms with Gasteiger partial charge in [0.05, 0.1) is 0 Å².